The van der Waals surface area contributed by atoms with Crippen molar-refractivity contribution in [3.05, 3.63) is 35.9 Å². The smallest absolute Gasteiger partial charge is 0.356 e. The number of carbonyl (C=O) groups is 2. The summed E-state index contributed by atoms with van der Waals surface area (Å²) >= 11 is 0. The predicted molar refractivity (Wildman–Crippen MR) is 46.3 cm³/mol. The Balaban J connectivity index is 3.03. The Morgan fingerprint density at radius 2 is 1.67 bits per heavy atom. The van der Waals surface area contributed by atoms with Gasteiger partial charge in [-0.1, -0.05) is 30.3 Å². The van der Waals surface area contributed by atoms with Crippen LogP contribution in [0.5, 0.6) is 0 Å². The largest absolute Gasteiger partial charge is 0.414 e. The topological polar surface area (TPSA) is 104 Å². The Morgan fingerprint density at radius 1 is 1.13 bits per heavy atom. The molecule has 0 aliphatic rings. The minimum atomic E-state index is -3.00. The molecule has 15 heavy (non-hydrogen) atoms. The maximum absolute atomic E-state index is 11.1. The van der Waals surface area contributed by atoms with Gasteiger partial charge in [0.15, 0.2) is 0 Å². The fourth-order valence-corrected chi connectivity index (χ4v) is 0.985. The number of benzene rings is 1. The van der Waals surface area contributed by atoms with Gasteiger partial charge in [-0.25, -0.2) is 4.79 Å². The molecule has 0 heterocycles. The summed E-state index contributed by atoms with van der Waals surface area (Å²) in [5.41, 5.74) is -0.194. The molecule has 0 fully saturated rings. The molecule has 0 saturated heterocycles. The number of Topliss-reactive ketones (excluding diaryl/α,β-unsaturated/α-hetero) is 1. The average Bonchev–Trinajstić information content (AvgIpc) is 2.28. The fraction of sp³-hybridized carbons (Fsp3) is 0.111. The third-order valence-electron chi connectivity index (χ3n) is 1.76. The first-order valence-corrected chi connectivity index (χ1v) is 3.90. The minimum Gasteiger partial charge on any atom is -0.356 e. The van der Waals surface area contributed by atoms with Gasteiger partial charge in [0.25, 0.3) is 5.79 Å². The van der Waals surface area contributed by atoms with Gasteiger partial charge in [0.1, 0.15) is 0 Å². The molecule has 0 radical (unpaired) electrons. The van der Waals surface area contributed by atoms with E-state index >= 15 is 0 Å². The lowest BCUT2D eigenvalue weighted by molar-refractivity contribution is -0.242. The lowest BCUT2D eigenvalue weighted by Crippen LogP contribution is -2.40. The highest BCUT2D eigenvalue weighted by atomic mass is 17.1. The van der Waals surface area contributed by atoms with Gasteiger partial charge < -0.3 is 10.2 Å². The zero-order chi connectivity index (χ0) is 11.5. The highest BCUT2D eigenvalue weighted by Crippen LogP contribution is 2.18. The first kappa shape index (κ1) is 11.3. The maximum Gasteiger partial charge on any atom is 0.414 e. The molecule has 0 bridgehead atoms. The van der Waals surface area contributed by atoms with Crippen LogP contribution in [0.25, 0.3) is 0 Å². The van der Waals surface area contributed by atoms with Crippen molar-refractivity contribution in [1.29, 1.82) is 0 Å². The van der Waals surface area contributed by atoms with Gasteiger partial charge in [0.05, 0.1) is 0 Å². The van der Waals surface area contributed by atoms with Gasteiger partial charge in [-0.2, -0.15) is 5.26 Å². The van der Waals surface area contributed by atoms with Crippen LogP contribution < -0.4 is 0 Å². The van der Waals surface area contributed by atoms with E-state index in [1.165, 1.54) is 24.3 Å². The molecule has 0 amide bonds. The van der Waals surface area contributed by atoms with Gasteiger partial charge in [-0.3, -0.25) is 9.68 Å². The van der Waals surface area contributed by atoms with Crippen molar-refractivity contribution in [2.75, 3.05) is 0 Å². The first-order chi connectivity index (χ1) is 7.00. The summed E-state index contributed by atoms with van der Waals surface area (Å²) in [7, 11) is 0. The first-order valence-electron chi connectivity index (χ1n) is 3.90. The molecule has 0 unspecified atom stereocenters. The molecule has 6 heteroatoms. The summed E-state index contributed by atoms with van der Waals surface area (Å²) in [5.74, 6) is -6.42. The third-order valence-corrected chi connectivity index (χ3v) is 1.76. The van der Waals surface area contributed by atoms with Crippen molar-refractivity contribution in [2.45, 2.75) is 5.79 Å². The Hall–Kier alpha value is -1.76. The molecule has 3 N–H and O–H groups in total. The summed E-state index contributed by atoms with van der Waals surface area (Å²) in [6.45, 7) is 0. The molecular weight excluding hydrogens is 204 g/mol. The number of hydrogen-bond acceptors (Lipinski definition) is 6. The number of hydrogen-bond donors (Lipinski definition) is 3. The molecule has 0 aliphatic heterocycles. The second-order valence-corrected chi connectivity index (χ2v) is 2.75. The summed E-state index contributed by atoms with van der Waals surface area (Å²) < 4.78 is 0. The van der Waals surface area contributed by atoms with Gasteiger partial charge in [-0.15, -0.1) is 0 Å². The molecule has 1 aromatic carbocycles. The summed E-state index contributed by atoms with van der Waals surface area (Å²) in [6, 6.07) is 6.97. The SMILES string of the molecule is O=C(OO)C(=O)C(O)(O)c1ccccc1. The van der Waals surface area contributed by atoms with E-state index in [0.29, 0.717) is 0 Å². The molecule has 0 atom stereocenters. The Kier molecular flexibility index (Phi) is 3.15. The van der Waals surface area contributed by atoms with Crippen molar-refractivity contribution >= 4 is 11.8 Å². The minimum absolute atomic E-state index is 0.194. The van der Waals surface area contributed by atoms with Crippen LogP contribution in [0.1, 0.15) is 5.56 Å². The number of ketones is 1. The van der Waals surface area contributed by atoms with E-state index in [2.05, 4.69) is 4.89 Å². The summed E-state index contributed by atoms with van der Waals surface area (Å²) in [5, 5.41) is 26.6. The normalized spacial score (nSPS) is 10.9. The molecule has 0 saturated carbocycles. The van der Waals surface area contributed by atoms with E-state index in [1.54, 1.807) is 6.07 Å². The van der Waals surface area contributed by atoms with Crippen molar-refractivity contribution in [3.8, 4) is 0 Å². The van der Waals surface area contributed by atoms with E-state index in [4.69, 9.17) is 5.26 Å². The monoisotopic (exact) mass is 212 g/mol. The number of rotatable bonds is 3. The van der Waals surface area contributed by atoms with Crippen molar-refractivity contribution in [1.82, 2.24) is 0 Å². The van der Waals surface area contributed by atoms with Crippen LogP contribution in [-0.2, 0) is 20.3 Å². The summed E-state index contributed by atoms with van der Waals surface area (Å²) in [6.07, 6.45) is 0. The molecule has 80 valence electrons. The second kappa shape index (κ2) is 4.18. The van der Waals surface area contributed by atoms with Crippen LogP contribution >= 0.6 is 0 Å². The van der Waals surface area contributed by atoms with Crippen LogP contribution in [-0.4, -0.2) is 27.2 Å². The lowest BCUT2D eigenvalue weighted by Gasteiger charge is -2.17. The lowest BCUT2D eigenvalue weighted by atomic mass is 10.0. The van der Waals surface area contributed by atoms with Crippen molar-refractivity contribution in [3.63, 3.8) is 0 Å². The van der Waals surface area contributed by atoms with Gasteiger partial charge >= 0.3 is 11.8 Å². The van der Waals surface area contributed by atoms with Gasteiger partial charge in [-0.05, 0) is 0 Å². The average molecular weight is 212 g/mol. The van der Waals surface area contributed by atoms with Crippen LogP contribution in [0.3, 0.4) is 0 Å². The Morgan fingerprint density at radius 3 is 2.13 bits per heavy atom. The quantitative estimate of drug-likeness (QED) is 0.268. The van der Waals surface area contributed by atoms with E-state index < -0.39 is 17.5 Å². The van der Waals surface area contributed by atoms with Crippen LogP contribution in [0.2, 0.25) is 0 Å². The fourth-order valence-electron chi connectivity index (χ4n) is 0.985. The van der Waals surface area contributed by atoms with Crippen LogP contribution in [0, 0.1) is 0 Å². The molecule has 6 nitrogen and oxygen atoms in total. The third kappa shape index (κ3) is 2.18. The molecule has 0 aliphatic carbocycles. The molecule has 0 spiro atoms. The van der Waals surface area contributed by atoms with Gasteiger partial charge in [0.2, 0.25) is 0 Å². The van der Waals surface area contributed by atoms with Crippen molar-refractivity contribution < 1.29 is 29.9 Å². The number of carbonyl (C=O) groups excluding carboxylic acids is 2. The second-order valence-electron chi connectivity index (χ2n) is 2.75. The Labute approximate surface area is 84.3 Å². The Bertz CT molecular complexity index is 369. The highest BCUT2D eigenvalue weighted by molar-refractivity contribution is 6.36. The van der Waals surface area contributed by atoms with Gasteiger partial charge in [0, 0.05) is 5.56 Å². The van der Waals surface area contributed by atoms with Crippen LogP contribution in [0.4, 0.5) is 0 Å². The van der Waals surface area contributed by atoms with Crippen molar-refractivity contribution in [2.24, 2.45) is 0 Å². The zero-order valence-corrected chi connectivity index (χ0v) is 7.45. The maximum atomic E-state index is 11.1. The van der Waals surface area contributed by atoms with E-state index in [9.17, 15) is 19.8 Å². The van der Waals surface area contributed by atoms with E-state index in [-0.39, 0.29) is 5.56 Å². The summed E-state index contributed by atoms with van der Waals surface area (Å²) in [4.78, 5) is 24.8. The highest BCUT2D eigenvalue weighted by Gasteiger charge is 2.41. The predicted octanol–water partition coefficient (Wildman–Crippen LogP) is -0.591. The standard InChI is InChI=1S/C9H8O6/c10-7(8(11)15-14)9(12,13)6-4-2-1-3-5-6/h1-5,12-14H. The van der Waals surface area contributed by atoms with E-state index in [1.807, 2.05) is 0 Å². The molecular formula is C9H8O6. The molecule has 1 aromatic rings. The zero-order valence-electron chi connectivity index (χ0n) is 7.45. The molecule has 1 rings (SSSR count). The van der Waals surface area contributed by atoms with Crippen LogP contribution in [0.15, 0.2) is 30.3 Å². The number of aliphatic hydroxyl groups is 2. The van der Waals surface area contributed by atoms with E-state index in [0.717, 1.165) is 0 Å². The molecule has 0 aromatic heterocycles.